The highest BCUT2D eigenvalue weighted by atomic mass is 16.5. The van der Waals surface area contributed by atoms with Crippen LogP contribution in [0, 0.1) is 0 Å². The van der Waals surface area contributed by atoms with Crippen molar-refractivity contribution in [3.63, 3.8) is 0 Å². The van der Waals surface area contributed by atoms with Crippen molar-refractivity contribution in [2.75, 3.05) is 20.3 Å². The molecular weight excluding hydrogens is 268 g/mol. The second-order valence-electron chi connectivity index (χ2n) is 4.62. The second kappa shape index (κ2) is 5.80. The highest BCUT2D eigenvalue weighted by Crippen LogP contribution is 2.24. The van der Waals surface area contributed by atoms with Gasteiger partial charge in [-0.05, 0) is 24.3 Å². The van der Waals surface area contributed by atoms with E-state index in [1.54, 1.807) is 13.3 Å². The van der Waals surface area contributed by atoms with E-state index in [0.717, 1.165) is 16.9 Å². The molecule has 0 aliphatic carbocycles. The highest BCUT2D eigenvalue weighted by molar-refractivity contribution is 6.02. The Labute approximate surface area is 121 Å². The summed E-state index contributed by atoms with van der Waals surface area (Å²) in [6.45, 7) is 0.976. The molecular formula is C15H16N4O2. The van der Waals surface area contributed by atoms with Crippen LogP contribution >= 0.6 is 0 Å². The maximum atomic E-state index is 12.3. The number of pyridine rings is 1. The molecule has 3 aromatic heterocycles. The number of rotatable bonds is 5. The third-order valence-electron chi connectivity index (χ3n) is 3.29. The molecule has 21 heavy (non-hydrogen) atoms. The van der Waals surface area contributed by atoms with E-state index in [2.05, 4.69) is 15.5 Å². The Morgan fingerprint density at radius 2 is 2.33 bits per heavy atom. The highest BCUT2D eigenvalue weighted by Gasteiger charge is 2.16. The molecule has 3 aromatic rings. The zero-order valence-corrected chi connectivity index (χ0v) is 11.7. The SMILES string of the molecule is COCCNC(=O)c1cc(-c2ccn[nH]2)n2ccccc12. The Balaban J connectivity index is 2.01. The van der Waals surface area contributed by atoms with Gasteiger partial charge < -0.3 is 14.5 Å². The summed E-state index contributed by atoms with van der Waals surface area (Å²) in [5, 5.41) is 9.74. The first-order valence-corrected chi connectivity index (χ1v) is 6.68. The summed E-state index contributed by atoms with van der Waals surface area (Å²) in [5.41, 5.74) is 3.26. The predicted octanol–water partition coefficient (Wildman–Crippen LogP) is 1.71. The lowest BCUT2D eigenvalue weighted by Crippen LogP contribution is -2.26. The van der Waals surface area contributed by atoms with Gasteiger partial charge in [0.05, 0.1) is 29.1 Å². The van der Waals surface area contributed by atoms with Crippen molar-refractivity contribution in [2.45, 2.75) is 0 Å². The van der Waals surface area contributed by atoms with E-state index in [0.29, 0.717) is 18.7 Å². The fraction of sp³-hybridized carbons (Fsp3) is 0.200. The Morgan fingerprint density at radius 3 is 3.10 bits per heavy atom. The van der Waals surface area contributed by atoms with Gasteiger partial charge >= 0.3 is 0 Å². The van der Waals surface area contributed by atoms with Crippen LogP contribution in [0.25, 0.3) is 16.9 Å². The summed E-state index contributed by atoms with van der Waals surface area (Å²) in [6.07, 6.45) is 3.62. The Bertz CT molecular complexity index is 746. The van der Waals surface area contributed by atoms with Crippen molar-refractivity contribution in [3.05, 3.63) is 48.3 Å². The molecule has 0 saturated carbocycles. The van der Waals surface area contributed by atoms with E-state index in [1.807, 2.05) is 40.9 Å². The van der Waals surface area contributed by atoms with Crippen molar-refractivity contribution in [3.8, 4) is 11.4 Å². The van der Waals surface area contributed by atoms with E-state index < -0.39 is 0 Å². The molecule has 1 amide bonds. The predicted molar refractivity (Wildman–Crippen MR) is 79.2 cm³/mol. The van der Waals surface area contributed by atoms with E-state index in [1.165, 1.54) is 0 Å². The third-order valence-corrected chi connectivity index (χ3v) is 3.29. The molecule has 0 saturated heterocycles. The van der Waals surface area contributed by atoms with Crippen LogP contribution in [0.1, 0.15) is 10.4 Å². The van der Waals surface area contributed by atoms with Crippen LogP contribution in [0.2, 0.25) is 0 Å². The summed E-state index contributed by atoms with van der Waals surface area (Å²) in [5.74, 6) is -0.110. The van der Waals surface area contributed by atoms with Crippen LogP contribution in [0.3, 0.4) is 0 Å². The number of hydrogen-bond acceptors (Lipinski definition) is 3. The normalized spacial score (nSPS) is 10.9. The zero-order valence-electron chi connectivity index (χ0n) is 11.7. The standard InChI is InChI=1S/C15H16N4O2/c1-21-9-7-16-15(20)11-10-14(12-5-6-17-18-12)19-8-3-2-4-13(11)19/h2-6,8,10H,7,9H2,1H3,(H,16,20)(H,17,18). The van der Waals surface area contributed by atoms with Crippen molar-refractivity contribution in [2.24, 2.45) is 0 Å². The van der Waals surface area contributed by atoms with Gasteiger partial charge in [0, 0.05) is 26.0 Å². The van der Waals surface area contributed by atoms with Crippen molar-refractivity contribution in [1.82, 2.24) is 19.9 Å². The van der Waals surface area contributed by atoms with Gasteiger partial charge in [0.25, 0.3) is 5.91 Å². The number of carbonyl (C=O) groups is 1. The average Bonchev–Trinajstić information content (AvgIpc) is 3.14. The first-order valence-electron chi connectivity index (χ1n) is 6.68. The lowest BCUT2D eigenvalue weighted by molar-refractivity contribution is 0.0939. The van der Waals surface area contributed by atoms with Crippen LogP contribution in [0.15, 0.2) is 42.7 Å². The summed E-state index contributed by atoms with van der Waals surface area (Å²) < 4.78 is 6.92. The third kappa shape index (κ3) is 2.53. The van der Waals surface area contributed by atoms with Gasteiger partial charge in [0.1, 0.15) is 0 Å². The number of fused-ring (bicyclic) bond motifs is 1. The molecule has 3 heterocycles. The van der Waals surface area contributed by atoms with Gasteiger partial charge in [-0.3, -0.25) is 9.89 Å². The van der Waals surface area contributed by atoms with Gasteiger partial charge in [-0.25, -0.2) is 0 Å². The van der Waals surface area contributed by atoms with E-state index in [-0.39, 0.29) is 5.91 Å². The number of amides is 1. The molecule has 108 valence electrons. The molecule has 0 fully saturated rings. The number of carbonyl (C=O) groups excluding carboxylic acids is 1. The summed E-state index contributed by atoms with van der Waals surface area (Å²) in [7, 11) is 1.61. The average molecular weight is 284 g/mol. The fourth-order valence-corrected chi connectivity index (χ4v) is 2.30. The number of nitrogens with one attached hydrogen (secondary N) is 2. The molecule has 6 heteroatoms. The minimum absolute atomic E-state index is 0.110. The van der Waals surface area contributed by atoms with Crippen LogP contribution in [0.5, 0.6) is 0 Å². The fourth-order valence-electron chi connectivity index (χ4n) is 2.30. The van der Waals surface area contributed by atoms with E-state index in [9.17, 15) is 4.79 Å². The Kier molecular flexibility index (Phi) is 3.70. The molecule has 3 rings (SSSR count). The van der Waals surface area contributed by atoms with E-state index >= 15 is 0 Å². The second-order valence-corrected chi connectivity index (χ2v) is 4.62. The van der Waals surface area contributed by atoms with Crippen molar-refractivity contribution < 1.29 is 9.53 Å². The largest absolute Gasteiger partial charge is 0.383 e. The molecule has 0 aliphatic heterocycles. The van der Waals surface area contributed by atoms with Crippen LogP contribution < -0.4 is 5.32 Å². The minimum atomic E-state index is -0.110. The van der Waals surface area contributed by atoms with Gasteiger partial charge in [-0.2, -0.15) is 5.10 Å². The van der Waals surface area contributed by atoms with Crippen LogP contribution in [-0.4, -0.2) is 40.8 Å². The Hall–Kier alpha value is -2.60. The first kappa shape index (κ1) is 13.4. The number of aromatic amines is 1. The monoisotopic (exact) mass is 284 g/mol. The molecule has 2 N–H and O–H groups in total. The molecule has 0 radical (unpaired) electrons. The summed E-state index contributed by atoms with van der Waals surface area (Å²) in [6, 6.07) is 9.51. The molecule has 0 aromatic carbocycles. The van der Waals surface area contributed by atoms with Crippen LogP contribution in [0.4, 0.5) is 0 Å². The minimum Gasteiger partial charge on any atom is -0.383 e. The molecule has 0 atom stereocenters. The number of nitrogens with zero attached hydrogens (tertiary/aromatic N) is 2. The quantitative estimate of drug-likeness (QED) is 0.701. The van der Waals surface area contributed by atoms with E-state index in [4.69, 9.17) is 4.74 Å². The van der Waals surface area contributed by atoms with Gasteiger partial charge in [0.15, 0.2) is 0 Å². The zero-order chi connectivity index (χ0) is 14.7. The maximum Gasteiger partial charge on any atom is 0.253 e. The number of aromatic nitrogens is 3. The molecule has 0 aliphatic rings. The smallest absolute Gasteiger partial charge is 0.253 e. The molecule has 0 unspecified atom stereocenters. The maximum absolute atomic E-state index is 12.3. The molecule has 0 bridgehead atoms. The summed E-state index contributed by atoms with van der Waals surface area (Å²) in [4.78, 5) is 12.3. The lowest BCUT2D eigenvalue weighted by Gasteiger charge is -2.03. The molecule has 0 spiro atoms. The van der Waals surface area contributed by atoms with Crippen molar-refractivity contribution >= 4 is 11.4 Å². The summed E-state index contributed by atoms with van der Waals surface area (Å²) >= 11 is 0. The van der Waals surface area contributed by atoms with Gasteiger partial charge in [-0.15, -0.1) is 0 Å². The van der Waals surface area contributed by atoms with Crippen LogP contribution in [-0.2, 0) is 4.74 Å². The van der Waals surface area contributed by atoms with Gasteiger partial charge in [-0.1, -0.05) is 6.07 Å². The number of methoxy groups -OCH3 is 1. The number of H-pyrrole nitrogens is 1. The number of ether oxygens (including phenoxy) is 1. The topological polar surface area (TPSA) is 71.4 Å². The lowest BCUT2D eigenvalue weighted by atomic mass is 10.2. The van der Waals surface area contributed by atoms with Crippen molar-refractivity contribution in [1.29, 1.82) is 0 Å². The molecule has 6 nitrogen and oxygen atoms in total. The Morgan fingerprint density at radius 1 is 1.43 bits per heavy atom. The first-order chi connectivity index (χ1) is 10.3. The number of hydrogen-bond donors (Lipinski definition) is 2. The van der Waals surface area contributed by atoms with Gasteiger partial charge in [0.2, 0.25) is 0 Å².